The highest BCUT2D eigenvalue weighted by molar-refractivity contribution is 7.92. The van der Waals surface area contributed by atoms with Crippen LogP contribution in [0.1, 0.15) is 35.3 Å². The summed E-state index contributed by atoms with van der Waals surface area (Å²) in [6.07, 6.45) is 0. The third-order valence-electron chi connectivity index (χ3n) is 3.99. The zero-order valence-electron chi connectivity index (χ0n) is 16.2. The molecule has 0 bridgehead atoms. The minimum Gasteiger partial charge on any atom is -0.359 e. The van der Waals surface area contributed by atoms with Crippen molar-refractivity contribution in [3.63, 3.8) is 0 Å². The topological polar surface area (TPSA) is 99.3 Å². The predicted molar refractivity (Wildman–Crippen MR) is 115 cm³/mol. The van der Waals surface area contributed by atoms with Crippen LogP contribution in [0.5, 0.6) is 0 Å². The second-order valence-electron chi connectivity index (χ2n) is 6.58. The van der Waals surface area contributed by atoms with Gasteiger partial charge in [-0.15, -0.1) is 0 Å². The number of hydrogen-bond donors (Lipinski definition) is 4. The monoisotopic (exact) mass is 420 g/mol. The first kappa shape index (κ1) is 21.6. The molecule has 2 aromatic carbocycles. The highest BCUT2D eigenvalue weighted by Gasteiger charge is 2.16. The molecule has 0 heterocycles. The highest BCUT2D eigenvalue weighted by Crippen LogP contribution is 2.22. The molecule has 0 spiro atoms. The van der Waals surface area contributed by atoms with Gasteiger partial charge in [0, 0.05) is 11.6 Å². The molecule has 2 rings (SSSR count). The molecular formula is C19H24N4O3S2. The molecule has 150 valence electrons. The smallest absolute Gasteiger partial charge is 0.269 e. The molecule has 7 nitrogen and oxygen atoms in total. The summed E-state index contributed by atoms with van der Waals surface area (Å²) in [7, 11) is -3.76. The van der Waals surface area contributed by atoms with E-state index in [1.807, 2.05) is 33.8 Å². The molecule has 0 unspecified atom stereocenters. The molecule has 0 saturated heterocycles. The number of benzene rings is 2. The first-order chi connectivity index (χ1) is 13.1. The maximum absolute atomic E-state index is 12.6. The largest absolute Gasteiger partial charge is 0.359 e. The van der Waals surface area contributed by atoms with Gasteiger partial charge in [0.25, 0.3) is 15.9 Å². The number of nitrogens with one attached hydrogen (secondary N) is 4. The minimum atomic E-state index is -3.76. The van der Waals surface area contributed by atoms with E-state index in [0.29, 0.717) is 16.4 Å². The average Bonchev–Trinajstić information content (AvgIpc) is 2.63. The fraction of sp³-hybridized carbons (Fsp3) is 0.263. The van der Waals surface area contributed by atoms with Crippen molar-refractivity contribution < 1.29 is 13.2 Å². The van der Waals surface area contributed by atoms with Crippen LogP contribution in [0.3, 0.4) is 0 Å². The number of carbonyl (C=O) groups is 1. The van der Waals surface area contributed by atoms with Gasteiger partial charge in [0.1, 0.15) is 0 Å². The third kappa shape index (κ3) is 5.67. The summed E-state index contributed by atoms with van der Waals surface area (Å²) in [5.41, 5.74) is 7.72. The van der Waals surface area contributed by atoms with Gasteiger partial charge in [-0.2, -0.15) is 0 Å². The van der Waals surface area contributed by atoms with Crippen molar-refractivity contribution in [1.29, 1.82) is 0 Å². The van der Waals surface area contributed by atoms with E-state index in [9.17, 15) is 13.2 Å². The van der Waals surface area contributed by atoms with E-state index in [1.165, 1.54) is 24.3 Å². The summed E-state index contributed by atoms with van der Waals surface area (Å²) >= 11 is 5.03. The second kappa shape index (κ2) is 9.03. The lowest BCUT2D eigenvalue weighted by molar-refractivity contribution is 0.0943. The summed E-state index contributed by atoms with van der Waals surface area (Å²) in [6, 6.07) is 11.2. The molecule has 0 aliphatic heterocycles. The van der Waals surface area contributed by atoms with Crippen molar-refractivity contribution in [2.75, 3.05) is 4.72 Å². The maximum Gasteiger partial charge on any atom is 0.269 e. The Balaban J connectivity index is 2.07. The normalized spacial score (nSPS) is 11.0. The summed E-state index contributed by atoms with van der Waals surface area (Å²) in [5.74, 6) is -0.431. The summed E-state index contributed by atoms with van der Waals surface area (Å²) < 4.78 is 27.8. The Hall–Kier alpha value is -2.65. The van der Waals surface area contributed by atoms with Crippen molar-refractivity contribution in [3.8, 4) is 0 Å². The van der Waals surface area contributed by atoms with Gasteiger partial charge in [0.15, 0.2) is 5.11 Å². The lowest BCUT2D eigenvalue weighted by Crippen LogP contribution is -2.48. The molecule has 0 fully saturated rings. The first-order valence-electron chi connectivity index (χ1n) is 8.66. The molecule has 0 atom stereocenters. The average molecular weight is 421 g/mol. The molecule has 0 saturated carbocycles. The van der Waals surface area contributed by atoms with E-state index >= 15 is 0 Å². The van der Waals surface area contributed by atoms with Gasteiger partial charge in [-0.25, -0.2) is 8.42 Å². The van der Waals surface area contributed by atoms with E-state index < -0.39 is 15.9 Å². The van der Waals surface area contributed by atoms with E-state index in [4.69, 9.17) is 12.2 Å². The number of anilines is 1. The molecule has 0 aliphatic carbocycles. The fourth-order valence-electron chi connectivity index (χ4n) is 2.33. The quantitative estimate of drug-likeness (QED) is 0.438. The van der Waals surface area contributed by atoms with Crippen molar-refractivity contribution in [3.05, 3.63) is 59.2 Å². The van der Waals surface area contributed by atoms with Crippen LogP contribution in [0.4, 0.5) is 5.69 Å². The van der Waals surface area contributed by atoms with Crippen molar-refractivity contribution in [2.24, 2.45) is 0 Å². The SMILES string of the molecule is Cc1cccc(NS(=O)(=O)c2ccc(C(=O)NNC(=S)NC(C)C)cc2)c1C. The number of hydrazine groups is 1. The zero-order chi connectivity index (χ0) is 20.9. The number of thiocarbonyl (C=S) groups is 1. The Labute approximate surface area is 170 Å². The molecular weight excluding hydrogens is 396 g/mol. The Morgan fingerprint density at radius 2 is 1.64 bits per heavy atom. The Morgan fingerprint density at radius 1 is 1.00 bits per heavy atom. The van der Waals surface area contributed by atoms with Crippen LogP contribution >= 0.6 is 12.2 Å². The number of rotatable bonds is 5. The van der Waals surface area contributed by atoms with Gasteiger partial charge in [-0.3, -0.25) is 20.4 Å². The summed E-state index contributed by atoms with van der Waals surface area (Å²) in [5, 5.41) is 3.22. The van der Waals surface area contributed by atoms with Crippen molar-refractivity contribution >= 4 is 38.9 Å². The van der Waals surface area contributed by atoms with Gasteiger partial charge < -0.3 is 5.32 Å². The second-order valence-corrected chi connectivity index (χ2v) is 8.68. The number of aryl methyl sites for hydroxylation is 1. The van der Waals surface area contributed by atoms with Gasteiger partial charge in [-0.05, 0) is 81.4 Å². The summed E-state index contributed by atoms with van der Waals surface area (Å²) in [4.78, 5) is 12.2. The molecule has 28 heavy (non-hydrogen) atoms. The van der Waals surface area contributed by atoms with E-state index in [-0.39, 0.29) is 10.9 Å². The number of carbonyl (C=O) groups excluding carboxylic acids is 1. The predicted octanol–water partition coefficient (Wildman–Crippen LogP) is 2.62. The van der Waals surface area contributed by atoms with Crippen LogP contribution in [0.2, 0.25) is 0 Å². The number of sulfonamides is 1. The molecule has 0 aromatic heterocycles. The van der Waals surface area contributed by atoms with Gasteiger partial charge in [0.05, 0.1) is 10.6 Å². The Kier molecular flexibility index (Phi) is 6.98. The molecule has 0 aliphatic rings. The summed E-state index contributed by atoms with van der Waals surface area (Å²) in [6.45, 7) is 7.60. The minimum absolute atomic E-state index is 0.0647. The van der Waals surface area contributed by atoms with Crippen molar-refractivity contribution in [1.82, 2.24) is 16.2 Å². The van der Waals surface area contributed by atoms with Crippen LogP contribution in [0, 0.1) is 13.8 Å². The lowest BCUT2D eigenvalue weighted by atomic mass is 10.1. The number of hydrogen-bond acceptors (Lipinski definition) is 4. The maximum atomic E-state index is 12.6. The van der Waals surface area contributed by atoms with Crippen LogP contribution in [0.15, 0.2) is 47.4 Å². The van der Waals surface area contributed by atoms with E-state index in [2.05, 4.69) is 20.9 Å². The number of amides is 1. The first-order valence-corrected chi connectivity index (χ1v) is 10.6. The molecule has 9 heteroatoms. The van der Waals surface area contributed by atoms with Gasteiger partial charge >= 0.3 is 0 Å². The van der Waals surface area contributed by atoms with Gasteiger partial charge in [0.2, 0.25) is 0 Å². The van der Waals surface area contributed by atoms with Crippen LogP contribution in [0.25, 0.3) is 0 Å². The Bertz CT molecular complexity index is 971. The van der Waals surface area contributed by atoms with Crippen molar-refractivity contribution in [2.45, 2.75) is 38.6 Å². The Morgan fingerprint density at radius 3 is 2.25 bits per heavy atom. The van der Waals surface area contributed by atoms with E-state index in [1.54, 1.807) is 12.1 Å². The zero-order valence-corrected chi connectivity index (χ0v) is 17.8. The van der Waals surface area contributed by atoms with Crippen LogP contribution in [-0.2, 0) is 10.0 Å². The highest BCUT2D eigenvalue weighted by atomic mass is 32.2. The van der Waals surface area contributed by atoms with Gasteiger partial charge in [-0.1, -0.05) is 12.1 Å². The standard InChI is InChI=1S/C19H24N4O3S2/c1-12(2)20-19(27)22-21-18(24)15-8-10-16(11-9-15)28(25,26)23-17-7-5-6-13(3)14(17)4/h5-12,23H,1-4H3,(H,21,24)(H2,20,22,27). The third-order valence-corrected chi connectivity index (χ3v) is 5.59. The van der Waals surface area contributed by atoms with E-state index in [0.717, 1.165) is 11.1 Å². The molecule has 0 radical (unpaired) electrons. The molecule has 2 aromatic rings. The molecule has 1 amide bonds. The fourth-order valence-corrected chi connectivity index (χ4v) is 3.74. The van der Waals surface area contributed by atoms with Crippen LogP contribution < -0.4 is 20.9 Å². The van der Waals surface area contributed by atoms with Crippen LogP contribution in [-0.4, -0.2) is 25.5 Å². The lowest BCUT2D eigenvalue weighted by Gasteiger charge is -2.14. The molecule has 4 N–H and O–H groups in total.